The third-order valence-electron chi connectivity index (χ3n) is 13.2. The van der Waals surface area contributed by atoms with E-state index in [9.17, 15) is 28.8 Å². The first-order valence-corrected chi connectivity index (χ1v) is 25.6. The Bertz CT molecular complexity index is 2330. The van der Waals surface area contributed by atoms with Crippen molar-refractivity contribution in [1.29, 1.82) is 0 Å². The summed E-state index contributed by atoms with van der Waals surface area (Å²) in [6.07, 6.45) is 5.96. The number of carbonyl (C=O) groups excluding carboxylic acids is 6. The van der Waals surface area contributed by atoms with E-state index in [1.807, 2.05) is 91.0 Å². The second kappa shape index (κ2) is 22.5. The van der Waals surface area contributed by atoms with E-state index in [2.05, 4.69) is 66.3 Å². The maximum absolute atomic E-state index is 14.4. The summed E-state index contributed by atoms with van der Waals surface area (Å²) in [5, 5.41) is 13.6. The molecule has 0 aliphatic carbocycles. The molecule has 0 saturated carbocycles. The van der Waals surface area contributed by atoms with Crippen molar-refractivity contribution in [1.82, 2.24) is 20.9 Å². The van der Waals surface area contributed by atoms with Crippen LogP contribution in [0, 0.1) is 0 Å². The van der Waals surface area contributed by atoms with E-state index in [4.69, 9.17) is 4.43 Å². The molecule has 13 heteroatoms. The van der Waals surface area contributed by atoms with E-state index in [0.29, 0.717) is 45.1 Å². The van der Waals surface area contributed by atoms with Crippen LogP contribution in [0.5, 0.6) is 0 Å². The van der Waals surface area contributed by atoms with Gasteiger partial charge in [-0.3, -0.25) is 28.8 Å². The summed E-state index contributed by atoms with van der Waals surface area (Å²) in [6.45, 7) is 12.0. The molecule has 5 atom stereocenters. The van der Waals surface area contributed by atoms with Gasteiger partial charge >= 0.3 is 0 Å². The summed E-state index contributed by atoms with van der Waals surface area (Å²) in [5.41, 5.74) is 1.09. The van der Waals surface area contributed by atoms with Crippen LogP contribution in [0.25, 0.3) is 0 Å². The first-order valence-electron chi connectivity index (χ1n) is 23.7. The second-order valence-electron chi connectivity index (χ2n) is 19.0. The Kier molecular flexibility index (Phi) is 16.9. The van der Waals surface area contributed by atoms with Crippen LogP contribution in [0.3, 0.4) is 0 Å². The molecule has 2 fully saturated rings. The number of allylic oxidation sites excluding steroid dienone is 1. The number of carbonyl (C=O) groups is 6. The monoisotopic (exact) mass is 925 g/mol. The number of hydrogen-bond donors (Lipinski definition) is 4. The van der Waals surface area contributed by atoms with Gasteiger partial charge in [0.15, 0.2) is 5.78 Å². The number of rotatable bonds is 17. The van der Waals surface area contributed by atoms with Crippen molar-refractivity contribution in [2.24, 2.45) is 0 Å². The lowest BCUT2D eigenvalue weighted by molar-refractivity contribution is -0.144. The molecule has 12 nitrogen and oxygen atoms in total. The van der Waals surface area contributed by atoms with Gasteiger partial charge in [-0.1, -0.05) is 137 Å². The Morgan fingerprint density at radius 2 is 1.43 bits per heavy atom. The van der Waals surface area contributed by atoms with Gasteiger partial charge in [-0.15, -0.1) is 0 Å². The van der Waals surface area contributed by atoms with E-state index in [1.54, 1.807) is 32.9 Å². The minimum Gasteiger partial charge on any atom is -0.397 e. The largest absolute Gasteiger partial charge is 0.397 e. The average molecular weight is 926 g/mol. The van der Waals surface area contributed by atoms with Gasteiger partial charge in [0.1, 0.15) is 29.8 Å². The van der Waals surface area contributed by atoms with Crippen molar-refractivity contribution in [3.05, 3.63) is 139 Å². The number of para-hydroxylation sites is 1. The van der Waals surface area contributed by atoms with Crippen LogP contribution < -0.4 is 31.6 Å². The maximum atomic E-state index is 14.4. The highest BCUT2D eigenvalue weighted by Crippen LogP contribution is 2.37. The van der Waals surface area contributed by atoms with E-state index < -0.39 is 55.8 Å². The van der Waals surface area contributed by atoms with Crippen LogP contribution in [0.15, 0.2) is 127 Å². The van der Waals surface area contributed by atoms with Crippen molar-refractivity contribution >= 4 is 59.7 Å². The number of amides is 5. The Morgan fingerprint density at radius 3 is 2.03 bits per heavy atom. The molecule has 0 spiro atoms. The summed E-state index contributed by atoms with van der Waals surface area (Å²) in [4.78, 5) is 84.3. The predicted molar refractivity (Wildman–Crippen MR) is 265 cm³/mol. The number of nitrogens with zero attached hydrogens (tertiary/aromatic N) is 1. The second-order valence-corrected chi connectivity index (χ2v) is 23.3. The minimum atomic E-state index is -2.96. The first-order chi connectivity index (χ1) is 32.0. The third kappa shape index (κ3) is 12.4. The highest BCUT2D eigenvalue weighted by molar-refractivity contribution is 6.99. The Morgan fingerprint density at radius 1 is 0.836 bits per heavy atom. The molecule has 5 amide bonds. The SMILES string of the molecule is CC[C@]1(C)NC(=O)[C@H](CCC/C=C/C(=O)[C@H](C)O[Si](c2ccccc2)(c2ccccc2)C(C)(C)C)NC(=O)[C@H]2CCCN2C(=O)[C@H](Cc2ccc(CCC(=O)Nc3ccccc3)cc2)NC1=O. The molecule has 2 heterocycles. The molecular formula is C54H67N5O7Si. The quantitative estimate of drug-likeness (QED) is 0.0548. The van der Waals surface area contributed by atoms with Crippen molar-refractivity contribution in [3.63, 3.8) is 0 Å². The summed E-state index contributed by atoms with van der Waals surface area (Å²) in [7, 11) is -2.96. The van der Waals surface area contributed by atoms with Crippen LogP contribution in [0.4, 0.5) is 5.69 Å². The van der Waals surface area contributed by atoms with Crippen molar-refractivity contribution < 1.29 is 33.2 Å². The van der Waals surface area contributed by atoms with Gasteiger partial charge in [-0.05, 0) is 104 Å². The number of unbranched alkanes of at least 4 members (excludes halogenated alkanes) is 1. The Hall–Kier alpha value is -6.18. The summed E-state index contributed by atoms with van der Waals surface area (Å²) in [6, 6.07) is 34.4. The van der Waals surface area contributed by atoms with E-state index in [-0.39, 0.29) is 41.9 Å². The number of hydrogen-bond acceptors (Lipinski definition) is 7. The predicted octanol–water partition coefficient (Wildman–Crippen LogP) is 6.32. The molecule has 0 unspecified atom stereocenters. The van der Waals surface area contributed by atoms with Gasteiger partial charge in [-0.25, -0.2) is 0 Å². The molecule has 2 aliphatic heterocycles. The fourth-order valence-corrected chi connectivity index (χ4v) is 13.8. The number of ketones is 1. The zero-order valence-electron chi connectivity index (χ0n) is 39.8. The first kappa shape index (κ1) is 50.2. The van der Waals surface area contributed by atoms with Gasteiger partial charge in [-0.2, -0.15) is 0 Å². The van der Waals surface area contributed by atoms with Crippen molar-refractivity contribution in [2.45, 2.75) is 134 Å². The average Bonchev–Trinajstić information content (AvgIpc) is 3.82. The number of benzene rings is 4. The van der Waals surface area contributed by atoms with Gasteiger partial charge in [0.2, 0.25) is 29.5 Å². The molecule has 2 aliphatic rings. The number of aryl methyl sites for hydroxylation is 1. The van der Waals surface area contributed by atoms with E-state index >= 15 is 0 Å². The van der Waals surface area contributed by atoms with Crippen LogP contribution >= 0.6 is 0 Å². The number of anilines is 1. The third-order valence-corrected chi connectivity index (χ3v) is 18.3. The lowest BCUT2D eigenvalue weighted by atomic mass is 9.94. The number of fused-ring (bicyclic) bond motifs is 1. The fraction of sp³-hybridized carbons (Fsp3) is 0.407. The van der Waals surface area contributed by atoms with Crippen molar-refractivity contribution in [3.8, 4) is 0 Å². The van der Waals surface area contributed by atoms with Crippen LogP contribution in [-0.2, 0) is 46.0 Å². The lowest BCUT2D eigenvalue weighted by Crippen LogP contribution is -2.68. The van der Waals surface area contributed by atoms with Crippen LogP contribution in [-0.4, -0.2) is 84.8 Å². The molecule has 354 valence electrons. The molecule has 0 radical (unpaired) electrons. The number of nitrogens with one attached hydrogen (secondary N) is 4. The molecular weight excluding hydrogens is 859 g/mol. The maximum Gasteiger partial charge on any atom is 0.262 e. The topological polar surface area (TPSA) is 163 Å². The molecule has 4 aromatic carbocycles. The van der Waals surface area contributed by atoms with E-state index in [1.165, 1.54) is 4.90 Å². The summed E-state index contributed by atoms with van der Waals surface area (Å²) in [5.74, 6) is -2.05. The smallest absolute Gasteiger partial charge is 0.262 e. The van der Waals surface area contributed by atoms with Gasteiger partial charge in [0.05, 0.1) is 0 Å². The van der Waals surface area contributed by atoms with E-state index in [0.717, 1.165) is 27.2 Å². The highest BCUT2D eigenvalue weighted by Gasteiger charge is 2.51. The Balaban J connectivity index is 1.10. The van der Waals surface area contributed by atoms with Crippen LogP contribution in [0.1, 0.15) is 97.6 Å². The van der Waals surface area contributed by atoms with Gasteiger partial charge in [0.25, 0.3) is 8.32 Å². The molecule has 2 saturated heterocycles. The molecule has 4 aromatic rings. The molecule has 0 bridgehead atoms. The van der Waals surface area contributed by atoms with Gasteiger partial charge in [0, 0.05) is 25.1 Å². The zero-order chi connectivity index (χ0) is 48.2. The molecule has 67 heavy (non-hydrogen) atoms. The van der Waals surface area contributed by atoms with Gasteiger partial charge < -0.3 is 30.6 Å². The Labute approximate surface area is 396 Å². The van der Waals surface area contributed by atoms with Crippen LogP contribution in [0.2, 0.25) is 5.04 Å². The normalized spacial score (nSPS) is 21.0. The standard InChI is InChI=1S/C54H67N5O7Si/c1-7-54(6)52(65)57-45(37-40-32-30-39(31-33-40)34-35-48(61)55-41-21-12-8-13-22-41)51(64)59-36-20-28-46(59)50(63)56-44(49(62)58-54)27-18-11-19-29-47(60)38(2)66-67(53(3,4)5,42-23-14-9-15-24-42)43-25-16-10-17-26-43/h8-10,12-17,19,21-26,29-33,38,44-46H,7,11,18,20,27-28,34-37H2,1-6H3,(H,55,61)(H,56,63)(H,57,65)(H,58,62)/b29-19+/t38-,44-,45-,46+,54-/m0/s1. The zero-order valence-corrected chi connectivity index (χ0v) is 40.8. The molecule has 0 aromatic heterocycles. The van der Waals surface area contributed by atoms with Crippen molar-refractivity contribution in [2.75, 3.05) is 11.9 Å². The summed E-state index contributed by atoms with van der Waals surface area (Å²) < 4.78 is 7.00. The highest BCUT2D eigenvalue weighted by atomic mass is 28.4. The minimum absolute atomic E-state index is 0.0943. The lowest BCUT2D eigenvalue weighted by Gasteiger charge is -2.44. The molecule has 4 N–H and O–H groups in total. The molecule has 6 rings (SSSR count). The summed E-state index contributed by atoms with van der Waals surface area (Å²) >= 11 is 0. The fourth-order valence-electron chi connectivity index (χ4n) is 9.09.